The fraction of sp³-hybridized carbons (Fsp3) is 0.417. The van der Waals surface area contributed by atoms with Gasteiger partial charge >= 0.3 is 16.2 Å². The first kappa shape index (κ1) is 16.0. The molecule has 2 rings (SSSR count). The number of methoxy groups -OCH3 is 1. The van der Waals surface area contributed by atoms with Gasteiger partial charge in [-0.1, -0.05) is 11.6 Å². The van der Waals surface area contributed by atoms with Crippen molar-refractivity contribution in [3.8, 4) is 0 Å². The third kappa shape index (κ3) is 3.85. The van der Waals surface area contributed by atoms with E-state index in [-0.39, 0.29) is 11.3 Å². The van der Waals surface area contributed by atoms with Crippen molar-refractivity contribution in [3.63, 3.8) is 0 Å². The van der Waals surface area contributed by atoms with Gasteiger partial charge in [0.1, 0.15) is 0 Å². The summed E-state index contributed by atoms with van der Waals surface area (Å²) in [5, 5.41) is 3.39. The summed E-state index contributed by atoms with van der Waals surface area (Å²) in [5.74, 6) is -0.635. The first-order valence-corrected chi connectivity index (χ1v) is 8.12. The molecule has 0 unspecified atom stereocenters. The number of nitrogens with zero attached hydrogens (tertiary/aromatic N) is 1. The Hall–Kier alpha value is -1.35. The van der Waals surface area contributed by atoms with E-state index in [1.54, 1.807) is 0 Å². The van der Waals surface area contributed by atoms with E-state index in [1.807, 2.05) is 0 Å². The zero-order valence-corrected chi connectivity index (χ0v) is 13.0. The van der Waals surface area contributed by atoms with Crippen LogP contribution in [0.15, 0.2) is 18.2 Å². The van der Waals surface area contributed by atoms with Crippen molar-refractivity contribution in [2.75, 3.05) is 38.0 Å². The summed E-state index contributed by atoms with van der Waals surface area (Å²) >= 11 is 5.87. The Kier molecular flexibility index (Phi) is 5.04. The zero-order valence-electron chi connectivity index (χ0n) is 11.4. The highest BCUT2D eigenvalue weighted by molar-refractivity contribution is 7.90. The molecule has 1 aliphatic rings. The topological polar surface area (TPSA) is 87.7 Å². The van der Waals surface area contributed by atoms with Gasteiger partial charge in [0.05, 0.1) is 18.4 Å². The van der Waals surface area contributed by atoms with Gasteiger partial charge in [-0.15, -0.1) is 0 Å². The van der Waals surface area contributed by atoms with Gasteiger partial charge in [0, 0.05) is 31.2 Å². The maximum atomic E-state index is 12.3. The molecule has 1 heterocycles. The van der Waals surface area contributed by atoms with Crippen molar-refractivity contribution in [2.24, 2.45) is 0 Å². The standard InChI is InChI=1S/C12H16ClN3O4S/c1-20-12(17)10-3-2-9(13)8-11(10)15-21(18,19)16-6-4-14-5-7-16/h2-3,8,14-15H,4-7H2,1H3. The molecule has 0 aromatic heterocycles. The molecular formula is C12H16ClN3O4S. The Morgan fingerprint density at radius 2 is 2.05 bits per heavy atom. The van der Waals surface area contributed by atoms with Crippen molar-refractivity contribution >= 4 is 33.5 Å². The molecule has 0 aliphatic carbocycles. The normalized spacial score (nSPS) is 16.5. The van der Waals surface area contributed by atoms with Crippen molar-refractivity contribution in [1.82, 2.24) is 9.62 Å². The average Bonchev–Trinajstić information content (AvgIpc) is 2.47. The minimum atomic E-state index is -3.74. The number of esters is 1. The number of hydrogen-bond donors (Lipinski definition) is 2. The van der Waals surface area contributed by atoms with E-state index in [0.717, 1.165) is 0 Å². The van der Waals surface area contributed by atoms with Crippen molar-refractivity contribution in [2.45, 2.75) is 0 Å². The number of rotatable bonds is 4. The highest BCUT2D eigenvalue weighted by Crippen LogP contribution is 2.23. The highest BCUT2D eigenvalue weighted by atomic mass is 35.5. The Morgan fingerprint density at radius 1 is 1.38 bits per heavy atom. The lowest BCUT2D eigenvalue weighted by atomic mass is 10.2. The summed E-state index contributed by atoms with van der Waals surface area (Å²) in [7, 11) is -2.51. The van der Waals surface area contributed by atoms with Crippen molar-refractivity contribution in [1.29, 1.82) is 0 Å². The smallest absolute Gasteiger partial charge is 0.339 e. The summed E-state index contributed by atoms with van der Waals surface area (Å²) in [6.07, 6.45) is 0. The molecular weight excluding hydrogens is 318 g/mol. The number of benzene rings is 1. The minimum absolute atomic E-state index is 0.105. The number of nitrogens with one attached hydrogen (secondary N) is 2. The van der Waals surface area contributed by atoms with E-state index >= 15 is 0 Å². The van der Waals surface area contributed by atoms with E-state index in [0.29, 0.717) is 31.2 Å². The summed E-state index contributed by atoms with van der Waals surface area (Å²) < 4.78 is 33.0. The molecule has 0 radical (unpaired) electrons. The molecule has 1 aromatic carbocycles. The number of piperazine rings is 1. The quantitative estimate of drug-likeness (QED) is 0.791. The van der Waals surface area contributed by atoms with Crippen LogP contribution in [0.5, 0.6) is 0 Å². The molecule has 21 heavy (non-hydrogen) atoms. The van der Waals surface area contributed by atoms with Gasteiger partial charge in [0.25, 0.3) is 0 Å². The van der Waals surface area contributed by atoms with Crippen LogP contribution in [-0.2, 0) is 14.9 Å². The van der Waals surface area contributed by atoms with Gasteiger partial charge in [-0.2, -0.15) is 12.7 Å². The van der Waals surface area contributed by atoms with E-state index < -0.39 is 16.2 Å². The molecule has 0 amide bonds. The molecule has 2 N–H and O–H groups in total. The fourth-order valence-electron chi connectivity index (χ4n) is 1.98. The summed E-state index contributed by atoms with van der Waals surface area (Å²) in [6.45, 7) is 1.90. The first-order valence-electron chi connectivity index (χ1n) is 6.30. The molecule has 1 saturated heterocycles. The van der Waals surface area contributed by atoms with Crippen LogP contribution in [0.25, 0.3) is 0 Å². The second-order valence-electron chi connectivity index (χ2n) is 4.44. The lowest BCUT2D eigenvalue weighted by molar-refractivity contribution is 0.0602. The maximum Gasteiger partial charge on any atom is 0.339 e. The Balaban J connectivity index is 2.29. The minimum Gasteiger partial charge on any atom is -0.465 e. The van der Waals surface area contributed by atoms with Gasteiger partial charge in [-0.3, -0.25) is 4.72 Å². The Morgan fingerprint density at radius 3 is 2.67 bits per heavy atom. The van der Waals surface area contributed by atoms with Gasteiger partial charge in [-0.25, -0.2) is 4.79 Å². The SMILES string of the molecule is COC(=O)c1ccc(Cl)cc1NS(=O)(=O)N1CCNCC1. The monoisotopic (exact) mass is 333 g/mol. The molecule has 9 heteroatoms. The molecule has 0 spiro atoms. The summed E-state index contributed by atoms with van der Waals surface area (Å²) in [6, 6.07) is 4.30. The van der Waals surface area contributed by atoms with Crippen LogP contribution in [0.3, 0.4) is 0 Å². The predicted molar refractivity (Wildman–Crippen MR) is 79.8 cm³/mol. The number of hydrogen-bond acceptors (Lipinski definition) is 5. The van der Waals surface area contributed by atoms with Crippen LogP contribution in [0.2, 0.25) is 5.02 Å². The predicted octanol–water partition coefficient (Wildman–Crippen LogP) is 0.688. The van der Waals surface area contributed by atoms with E-state index in [1.165, 1.54) is 29.6 Å². The molecule has 116 valence electrons. The fourth-order valence-corrected chi connectivity index (χ4v) is 3.39. The van der Waals surface area contributed by atoms with Gasteiger partial charge in [-0.05, 0) is 18.2 Å². The highest BCUT2D eigenvalue weighted by Gasteiger charge is 2.25. The number of ether oxygens (including phenoxy) is 1. The second-order valence-corrected chi connectivity index (χ2v) is 6.54. The lowest BCUT2D eigenvalue weighted by Crippen LogP contribution is -2.48. The lowest BCUT2D eigenvalue weighted by Gasteiger charge is -2.27. The molecule has 0 atom stereocenters. The van der Waals surface area contributed by atoms with Crippen LogP contribution in [0.4, 0.5) is 5.69 Å². The molecule has 0 bridgehead atoms. The third-order valence-electron chi connectivity index (χ3n) is 3.04. The van der Waals surface area contributed by atoms with Gasteiger partial charge in [0.15, 0.2) is 0 Å². The van der Waals surface area contributed by atoms with Crippen LogP contribution < -0.4 is 10.0 Å². The molecule has 1 aliphatic heterocycles. The van der Waals surface area contributed by atoms with E-state index in [4.69, 9.17) is 11.6 Å². The summed E-state index contributed by atoms with van der Waals surface area (Å²) in [4.78, 5) is 11.7. The first-order chi connectivity index (χ1) is 9.94. The number of halogens is 1. The van der Waals surface area contributed by atoms with Crippen LogP contribution in [-0.4, -0.2) is 52.0 Å². The van der Waals surface area contributed by atoms with Crippen molar-refractivity contribution in [3.05, 3.63) is 28.8 Å². The third-order valence-corrected chi connectivity index (χ3v) is 4.80. The van der Waals surface area contributed by atoms with E-state index in [9.17, 15) is 13.2 Å². The van der Waals surface area contributed by atoms with Crippen LogP contribution in [0, 0.1) is 0 Å². The zero-order chi connectivity index (χ0) is 15.5. The van der Waals surface area contributed by atoms with Gasteiger partial charge in [0.2, 0.25) is 0 Å². The molecule has 0 saturated carbocycles. The second kappa shape index (κ2) is 6.61. The largest absolute Gasteiger partial charge is 0.465 e. The van der Waals surface area contributed by atoms with Crippen LogP contribution in [0.1, 0.15) is 10.4 Å². The Bertz CT molecular complexity index is 629. The number of anilines is 1. The van der Waals surface area contributed by atoms with Crippen molar-refractivity contribution < 1.29 is 17.9 Å². The average molecular weight is 334 g/mol. The molecule has 1 fully saturated rings. The molecule has 7 nitrogen and oxygen atoms in total. The van der Waals surface area contributed by atoms with E-state index in [2.05, 4.69) is 14.8 Å². The number of carbonyl (C=O) groups excluding carboxylic acids is 1. The van der Waals surface area contributed by atoms with Crippen LogP contribution >= 0.6 is 11.6 Å². The maximum absolute atomic E-state index is 12.3. The van der Waals surface area contributed by atoms with Gasteiger partial charge < -0.3 is 10.1 Å². The number of carbonyl (C=O) groups is 1. The Labute approximate surface area is 128 Å². The molecule has 1 aromatic rings. The summed E-state index contributed by atoms with van der Waals surface area (Å²) in [5.41, 5.74) is 0.216.